The van der Waals surface area contributed by atoms with Crippen LogP contribution in [0.25, 0.3) is 0 Å². The minimum absolute atomic E-state index is 0.265. The van der Waals surface area contributed by atoms with Crippen molar-refractivity contribution >= 4 is 27.5 Å². The molecule has 1 heterocycles. The number of amides is 1. The molecule has 3 heteroatoms. The van der Waals surface area contributed by atoms with E-state index in [4.69, 9.17) is 0 Å². The largest absolute Gasteiger partial charge is 0.312 e. The van der Waals surface area contributed by atoms with E-state index in [1.807, 2.05) is 4.90 Å². The van der Waals surface area contributed by atoms with E-state index < -0.39 is 0 Å². The first kappa shape index (κ1) is 16.5. The second-order valence-electron chi connectivity index (χ2n) is 6.45. The van der Waals surface area contributed by atoms with Gasteiger partial charge in [0.15, 0.2) is 0 Å². The van der Waals surface area contributed by atoms with Crippen LogP contribution in [-0.4, -0.2) is 17.3 Å². The summed E-state index contributed by atoms with van der Waals surface area (Å²) in [4.78, 5) is 14.8. The third kappa shape index (κ3) is 4.32. The molecule has 1 aromatic rings. The predicted octanol–water partition coefficient (Wildman–Crippen LogP) is 4.73. The Morgan fingerprint density at radius 3 is 2.81 bits per heavy atom. The zero-order valence-corrected chi connectivity index (χ0v) is 14.9. The van der Waals surface area contributed by atoms with Crippen molar-refractivity contribution in [3.05, 3.63) is 29.3 Å². The Morgan fingerprint density at radius 1 is 1.38 bits per heavy atom. The average Bonchev–Trinajstić information content (AvgIpc) is 2.81. The smallest absolute Gasteiger partial charge is 0.227 e. The van der Waals surface area contributed by atoms with Crippen molar-refractivity contribution in [2.75, 3.05) is 11.4 Å². The van der Waals surface area contributed by atoms with Crippen molar-refractivity contribution in [3.63, 3.8) is 0 Å². The van der Waals surface area contributed by atoms with E-state index >= 15 is 0 Å². The maximum Gasteiger partial charge on any atom is 0.227 e. The predicted molar refractivity (Wildman–Crippen MR) is 93.3 cm³/mol. The molecule has 1 aliphatic heterocycles. The summed E-state index contributed by atoms with van der Waals surface area (Å²) in [5.74, 6) is 0.685. The molecule has 0 aliphatic carbocycles. The quantitative estimate of drug-likeness (QED) is 0.678. The minimum Gasteiger partial charge on any atom is -0.312 e. The van der Waals surface area contributed by atoms with Crippen LogP contribution in [0, 0.1) is 5.92 Å². The molecule has 2 nitrogen and oxygen atoms in total. The zero-order valence-electron chi connectivity index (χ0n) is 13.4. The number of nitrogens with zero attached hydrogens (tertiary/aromatic N) is 1. The summed E-state index contributed by atoms with van der Waals surface area (Å²) < 4.78 is 0. The van der Waals surface area contributed by atoms with Gasteiger partial charge in [-0.2, -0.15) is 0 Å². The van der Waals surface area contributed by atoms with Gasteiger partial charge in [0, 0.05) is 23.5 Å². The summed E-state index contributed by atoms with van der Waals surface area (Å²) in [6, 6.07) is 6.62. The average molecular weight is 352 g/mol. The van der Waals surface area contributed by atoms with Gasteiger partial charge in [-0.05, 0) is 42.4 Å². The van der Waals surface area contributed by atoms with Crippen LogP contribution in [0.15, 0.2) is 18.2 Å². The number of benzene rings is 1. The van der Waals surface area contributed by atoms with Crippen LogP contribution < -0.4 is 4.90 Å². The lowest BCUT2D eigenvalue weighted by atomic mass is 10.0. The molecule has 0 bridgehead atoms. The lowest BCUT2D eigenvalue weighted by Gasteiger charge is -2.19. The van der Waals surface area contributed by atoms with Gasteiger partial charge in [0.1, 0.15) is 0 Å². The van der Waals surface area contributed by atoms with E-state index in [0.717, 1.165) is 25.1 Å². The fourth-order valence-corrected chi connectivity index (χ4v) is 3.80. The van der Waals surface area contributed by atoms with E-state index in [0.29, 0.717) is 17.2 Å². The molecule has 1 atom stereocenters. The topological polar surface area (TPSA) is 20.3 Å². The van der Waals surface area contributed by atoms with Gasteiger partial charge in [0.2, 0.25) is 5.91 Å². The van der Waals surface area contributed by atoms with E-state index in [2.05, 4.69) is 54.9 Å². The molecular weight excluding hydrogens is 326 g/mol. The van der Waals surface area contributed by atoms with Crippen LogP contribution in [0.1, 0.15) is 51.2 Å². The highest BCUT2D eigenvalue weighted by Gasteiger charge is 2.25. The first-order valence-electron chi connectivity index (χ1n) is 8.07. The molecule has 0 saturated heterocycles. The van der Waals surface area contributed by atoms with Gasteiger partial charge in [-0.3, -0.25) is 4.79 Å². The monoisotopic (exact) mass is 351 g/mol. The van der Waals surface area contributed by atoms with Gasteiger partial charge < -0.3 is 4.90 Å². The Bertz CT molecular complexity index is 498. The summed E-state index contributed by atoms with van der Waals surface area (Å²) in [5.41, 5.74) is 3.84. The molecule has 1 aliphatic rings. The number of rotatable bonds is 6. The lowest BCUT2D eigenvalue weighted by molar-refractivity contribution is -0.119. The Kier molecular flexibility index (Phi) is 5.86. The molecule has 0 aromatic heterocycles. The fourth-order valence-electron chi connectivity index (χ4n) is 2.97. The highest BCUT2D eigenvalue weighted by atomic mass is 79.9. The second-order valence-corrected chi connectivity index (χ2v) is 7.74. The number of anilines is 1. The minimum atomic E-state index is 0.265. The number of hydrogen-bond donors (Lipinski definition) is 0. The first-order valence-corrected chi connectivity index (χ1v) is 8.99. The van der Waals surface area contributed by atoms with Gasteiger partial charge in [-0.25, -0.2) is 0 Å². The summed E-state index contributed by atoms with van der Waals surface area (Å²) in [7, 11) is 0. The Hall–Kier alpha value is -0.830. The van der Waals surface area contributed by atoms with E-state index in [-0.39, 0.29) is 5.91 Å². The van der Waals surface area contributed by atoms with Crippen molar-refractivity contribution in [2.45, 2.75) is 57.7 Å². The molecule has 2 rings (SSSR count). The van der Waals surface area contributed by atoms with Gasteiger partial charge in [0.25, 0.3) is 0 Å². The molecule has 0 fully saturated rings. The third-order valence-corrected chi connectivity index (χ3v) is 4.76. The number of hydrogen-bond acceptors (Lipinski definition) is 1. The molecule has 116 valence electrons. The van der Waals surface area contributed by atoms with Gasteiger partial charge in [0.05, 0.1) is 0 Å². The van der Waals surface area contributed by atoms with E-state index in [9.17, 15) is 4.79 Å². The van der Waals surface area contributed by atoms with E-state index in [1.165, 1.54) is 24.0 Å². The molecule has 1 amide bonds. The van der Waals surface area contributed by atoms with Crippen LogP contribution in [-0.2, 0) is 17.6 Å². The molecule has 1 unspecified atom stereocenters. The van der Waals surface area contributed by atoms with Crippen molar-refractivity contribution in [3.8, 4) is 0 Å². The van der Waals surface area contributed by atoms with Crippen molar-refractivity contribution in [1.29, 1.82) is 0 Å². The standard InChI is InChI=1S/C18H26BrNO/c1-4-5-16(19)12-14-6-7-17-15(11-14)8-9-20(17)18(21)10-13(2)3/h6-7,11,13,16H,4-5,8-10,12H2,1-3H3. The molecule has 0 N–H and O–H groups in total. The van der Waals surface area contributed by atoms with Crippen LogP contribution in [0.3, 0.4) is 0 Å². The molecule has 0 radical (unpaired) electrons. The summed E-state index contributed by atoms with van der Waals surface area (Å²) in [5, 5.41) is 0. The number of fused-ring (bicyclic) bond motifs is 1. The maximum atomic E-state index is 12.3. The number of halogens is 1. The first-order chi connectivity index (χ1) is 10.0. The van der Waals surface area contributed by atoms with Crippen LogP contribution in [0.2, 0.25) is 0 Å². The van der Waals surface area contributed by atoms with Gasteiger partial charge in [-0.15, -0.1) is 0 Å². The second kappa shape index (κ2) is 7.44. The van der Waals surface area contributed by atoms with Crippen molar-refractivity contribution in [1.82, 2.24) is 0 Å². The zero-order chi connectivity index (χ0) is 15.4. The number of carbonyl (C=O) groups excluding carboxylic acids is 1. The van der Waals surface area contributed by atoms with Crippen molar-refractivity contribution < 1.29 is 4.79 Å². The SMILES string of the molecule is CCCC(Br)Cc1ccc2c(c1)CCN2C(=O)CC(C)C. The summed E-state index contributed by atoms with van der Waals surface area (Å²) >= 11 is 3.75. The molecule has 0 spiro atoms. The van der Waals surface area contributed by atoms with Crippen LogP contribution in [0.4, 0.5) is 5.69 Å². The van der Waals surface area contributed by atoms with Gasteiger partial charge in [-0.1, -0.05) is 55.3 Å². The maximum absolute atomic E-state index is 12.3. The highest BCUT2D eigenvalue weighted by molar-refractivity contribution is 9.09. The third-order valence-electron chi connectivity index (χ3n) is 3.98. The molecular formula is C18H26BrNO. The van der Waals surface area contributed by atoms with Crippen LogP contribution >= 0.6 is 15.9 Å². The van der Waals surface area contributed by atoms with Crippen molar-refractivity contribution in [2.24, 2.45) is 5.92 Å². The summed E-state index contributed by atoms with van der Waals surface area (Å²) in [6.07, 6.45) is 5.12. The Balaban J connectivity index is 2.07. The normalized spacial score (nSPS) is 15.4. The van der Waals surface area contributed by atoms with Crippen LogP contribution in [0.5, 0.6) is 0 Å². The van der Waals surface area contributed by atoms with Gasteiger partial charge >= 0.3 is 0 Å². The molecule has 21 heavy (non-hydrogen) atoms. The Labute approximate surface area is 137 Å². The lowest BCUT2D eigenvalue weighted by Crippen LogP contribution is -2.29. The summed E-state index contributed by atoms with van der Waals surface area (Å²) in [6.45, 7) is 7.26. The van der Waals surface area contributed by atoms with E-state index in [1.54, 1.807) is 0 Å². The Morgan fingerprint density at radius 2 is 2.14 bits per heavy atom. The molecule has 0 saturated carbocycles. The number of carbonyl (C=O) groups is 1. The highest BCUT2D eigenvalue weighted by Crippen LogP contribution is 2.30. The molecule has 1 aromatic carbocycles. The fraction of sp³-hybridized carbons (Fsp3) is 0.611. The number of alkyl halides is 1.